The van der Waals surface area contributed by atoms with E-state index in [0.29, 0.717) is 18.9 Å². The molecular weight excluding hydrogens is 380 g/mol. The van der Waals surface area contributed by atoms with Gasteiger partial charge in [-0.15, -0.1) is 0 Å². The largest absolute Gasteiger partial charge is 0.345 e. The van der Waals surface area contributed by atoms with Crippen LogP contribution in [-0.4, -0.2) is 21.4 Å². The zero-order valence-corrected chi connectivity index (χ0v) is 19.7. The highest BCUT2D eigenvalue weighted by atomic mass is 35.5. The van der Waals surface area contributed by atoms with Gasteiger partial charge in [0.1, 0.15) is 0 Å². The lowest BCUT2D eigenvalue weighted by Crippen LogP contribution is -2.39. The molecule has 0 saturated carbocycles. The number of rotatable bonds is 9. The molecule has 0 aliphatic carbocycles. The van der Waals surface area contributed by atoms with Gasteiger partial charge in [0.2, 0.25) is 5.91 Å². The molecule has 1 heterocycles. The number of aromatic nitrogens is 1. The SMILES string of the molecule is CC[C@@H](C)N(Cc1cccn1Cc1cccc(Cl)c1)C(=O)C[C@H](C)CC(C)(C)C. The van der Waals surface area contributed by atoms with Crippen molar-refractivity contribution in [3.63, 3.8) is 0 Å². The number of carbonyl (C=O) groups is 1. The van der Waals surface area contributed by atoms with Gasteiger partial charge < -0.3 is 9.47 Å². The highest BCUT2D eigenvalue weighted by molar-refractivity contribution is 6.30. The molecule has 0 saturated heterocycles. The second kappa shape index (κ2) is 10.3. The number of hydrogen-bond acceptors (Lipinski definition) is 1. The molecule has 2 rings (SSSR count). The van der Waals surface area contributed by atoms with E-state index in [1.54, 1.807) is 0 Å². The molecule has 29 heavy (non-hydrogen) atoms. The number of nitrogens with zero attached hydrogens (tertiary/aromatic N) is 2. The number of hydrogen-bond donors (Lipinski definition) is 0. The molecule has 0 fully saturated rings. The number of amides is 1. The van der Waals surface area contributed by atoms with E-state index < -0.39 is 0 Å². The quantitative estimate of drug-likeness (QED) is 0.442. The predicted molar refractivity (Wildman–Crippen MR) is 123 cm³/mol. The van der Waals surface area contributed by atoms with Gasteiger partial charge in [-0.1, -0.05) is 58.4 Å². The molecule has 4 heteroatoms. The van der Waals surface area contributed by atoms with Crippen LogP contribution in [0.1, 0.15) is 72.1 Å². The molecule has 0 N–H and O–H groups in total. The van der Waals surface area contributed by atoms with E-state index in [4.69, 9.17) is 11.6 Å². The topological polar surface area (TPSA) is 25.2 Å². The minimum absolute atomic E-state index is 0.221. The second-order valence-corrected chi connectivity index (χ2v) is 10.0. The van der Waals surface area contributed by atoms with Gasteiger partial charge in [-0.05, 0) is 60.9 Å². The third-order valence-electron chi connectivity index (χ3n) is 5.42. The van der Waals surface area contributed by atoms with E-state index in [2.05, 4.69) is 75.4 Å². The van der Waals surface area contributed by atoms with E-state index in [9.17, 15) is 4.79 Å². The van der Waals surface area contributed by atoms with Crippen LogP contribution in [0.4, 0.5) is 0 Å². The van der Waals surface area contributed by atoms with Crippen LogP contribution in [0, 0.1) is 11.3 Å². The van der Waals surface area contributed by atoms with Crippen molar-refractivity contribution in [2.45, 2.75) is 79.9 Å². The van der Waals surface area contributed by atoms with Gasteiger partial charge in [-0.25, -0.2) is 0 Å². The monoisotopic (exact) mass is 416 g/mol. The van der Waals surface area contributed by atoms with E-state index in [1.165, 1.54) is 0 Å². The van der Waals surface area contributed by atoms with Crippen molar-refractivity contribution >= 4 is 17.5 Å². The normalized spacial score (nSPS) is 13.9. The van der Waals surface area contributed by atoms with Crippen molar-refractivity contribution in [3.8, 4) is 0 Å². The molecule has 1 aromatic carbocycles. The minimum Gasteiger partial charge on any atom is -0.345 e. The maximum atomic E-state index is 13.2. The molecule has 1 amide bonds. The van der Waals surface area contributed by atoms with Crippen molar-refractivity contribution in [2.75, 3.05) is 0 Å². The Labute approximate surface area is 182 Å². The van der Waals surface area contributed by atoms with Crippen molar-refractivity contribution in [3.05, 3.63) is 58.9 Å². The maximum Gasteiger partial charge on any atom is 0.223 e. The van der Waals surface area contributed by atoms with Gasteiger partial charge in [0, 0.05) is 35.9 Å². The van der Waals surface area contributed by atoms with Crippen molar-refractivity contribution < 1.29 is 4.79 Å². The highest BCUT2D eigenvalue weighted by Gasteiger charge is 2.24. The molecular formula is C25H37ClN2O. The molecule has 2 atom stereocenters. The summed E-state index contributed by atoms with van der Waals surface area (Å²) in [6.07, 6.45) is 4.70. The summed E-state index contributed by atoms with van der Waals surface area (Å²) in [5, 5.41) is 0.750. The third-order valence-corrected chi connectivity index (χ3v) is 5.66. The Morgan fingerprint density at radius 1 is 1.17 bits per heavy atom. The Hall–Kier alpha value is -1.74. The van der Waals surface area contributed by atoms with Gasteiger partial charge in [0.15, 0.2) is 0 Å². The average Bonchev–Trinajstić information content (AvgIpc) is 3.04. The first kappa shape index (κ1) is 23.5. The van der Waals surface area contributed by atoms with Gasteiger partial charge in [0.25, 0.3) is 0 Å². The summed E-state index contributed by atoms with van der Waals surface area (Å²) in [6.45, 7) is 14.6. The fourth-order valence-corrected chi connectivity index (χ4v) is 4.21. The van der Waals surface area contributed by atoms with Crippen LogP contribution in [0.2, 0.25) is 5.02 Å². The first-order valence-electron chi connectivity index (χ1n) is 10.8. The highest BCUT2D eigenvalue weighted by Crippen LogP contribution is 2.27. The lowest BCUT2D eigenvalue weighted by Gasteiger charge is -2.31. The molecule has 0 bridgehead atoms. The smallest absolute Gasteiger partial charge is 0.223 e. The molecule has 2 aromatic rings. The van der Waals surface area contributed by atoms with Gasteiger partial charge in [-0.3, -0.25) is 4.79 Å². The van der Waals surface area contributed by atoms with Crippen LogP contribution in [-0.2, 0) is 17.9 Å². The fourth-order valence-electron chi connectivity index (χ4n) is 4.00. The van der Waals surface area contributed by atoms with Crippen molar-refractivity contribution in [1.82, 2.24) is 9.47 Å². The van der Waals surface area contributed by atoms with Crippen LogP contribution in [0.15, 0.2) is 42.6 Å². The molecule has 0 spiro atoms. The zero-order valence-electron chi connectivity index (χ0n) is 18.9. The van der Waals surface area contributed by atoms with Crippen LogP contribution in [0.5, 0.6) is 0 Å². The number of carbonyl (C=O) groups excluding carboxylic acids is 1. The fraction of sp³-hybridized carbons (Fsp3) is 0.560. The van der Waals surface area contributed by atoms with Gasteiger partial charge >= 0.3 is 0 Å². The standard InChI is InChI=1S/C25H37ClN2O/c1-7-20(3)28(24(29)14-19(2)16-25(4,5)6)18-23-12-9-13-27(23)17-21-10-8-11-22(26)15-21/h8-13,15,19-20H,7,14,16-18H2,1-6H3/t19-,20+/m0/s1. The van der Waals surface area contributed by atoms with E-state index in [0.717, 1.165) is 35.7 Å². The Balaban J connectivity index is 2.13. The van der Waals surface area contributed by atoms with Crippen LogP contribution in [0.3, 0.4) is 0 Å². The van der Waals surface area contributed by atoms with Crippen molar-refractivity contribution in [1.29, 1.82) is 0 Å². The van der Waals surface area contributed by atoms with Crippen LogP contribution < -0.4 is 0 Å². The molecule has 0 radical (unpaired) electrons. The summed E-state index contributed by atoms with van der Waals surface area (Å²) in [6, 6.07) is 12.3. The van der Waals surface area contributed by atoms with E-state index >= 15 is 0 Å². The molecule has 160 valence electrons. The summed E-state index contributed by atoms with van der Waals surface area (Å²) in [5.74, 6) is 0.638. The maximum absolute atomic E-state index is 13.2. The van der Waals surface area contributed by atoms with Crippen LogP contribution >= 0.6 is 11.6 Å². The zero-order chi connectivity index (χ0) is 21.6. The second-order valence-electron chi connectivity index (χ2n) is 9.61. The van der Waals surface area contributed by atoms with E-state index in [-0.39, 0.29) is 17.4 Å². The Morgan fingerprint density at radius 2 is 1.90 bits per heavy atom. The molecule has 1 aromatic heterocycles. The lowest BCUT2D eigenvalue weighted by atomic mass is 9.84. The first-order chi connectivity index (χ1) is 13.6. The Kier molecular flexibility index (Phi) is 8.39. The summed E-state index contributed by atoms with van der Waals surface area (Å²) in [7, 11) is 0. The summed E-state index contributed by atoms with van der Waals surface area (Å²) >= 11 is 6.14. The third kappa shape index (κ3) is 7.54. The Bertz CT molecular complexity index is 790. The molecule has 0 aliphatic rings. The lowest BCUT2D eigenvalue weighted by molar-refractivity contribution is -0.135. The summed E-state index contributed by atoms with van der Waals surface area (Å²) in [4.78, 5) is 15.2. The van der Waals surface area contributed by atoms with Gasteiger partial charge in [-0.2, -0.15) is 0 Å². The predicted octanol–water partition coefficient (Wildman–Crippen LogP) is 6.78. The van der Waals surface area contributed by atoms with Crippen LogP contribution in [0.25, 0.3) is 0 Å². The minimum atomic E-state index is 0.221. The average molecular weight is 417 g/mol. The number of benzene rings is 1. The van der Waals surface area contributed by atoms with E-state index in [1.807, 2.05) is 18.2 Å². The van der Waals surface area contributed by atoms with Crippen molar-refractivity contribution in [2.24, 2.45) is 11.3 Å². The number of halogens is 1. The first-order valence-corrected chi connectivity index (χ1v) is 11.1. The summed E-state index contributed by atoms with van der Waals surface area (Å²) in [5.41, 5.74) is 2.56. The summed E-state index contributed by atoms with van der Waals surface area (Å²) < 4.78 is 2.22. The molecule has 0 unspecified atom stereocenters. The molecule has 0 aliphatic heterocycles. The van der Waals surface area contributed by atoms with Gasteiger partial charge in [0.05, 0.1) is 6.54 Å². The molecule has 3 nitrogen and oxygen atoms in total. The Morgan fingerprint density at radius 3 is 2.52 bits per heavy atom.